The lowest BCUT2D eigenvalue weighted by Crippen LogP contribution is -2.30. The fourth-order valence-electron chi connectivity index (χ4n) is 3.76. The second-order valence-corrected chi connectivity index (χ2v) is 7.18. The average molecular weight is 395 g/mol. The molecule has 1 aromatic heterocycles. The molecular formula is C22H22FN3O3. The fraction of sp³-hybridized carbons (Fsp3) is 0.273. The van der Waals surface area contributed by atoms with Gasteiger partial charge in [-0.05, 0) is 42.3 Å². The number of aromatic amines is 1. The zero-order chi connectivity index (χ0) is 20.4. The van der Waals surface area contributed by atoms with Gasteiger partial charge in [0.25, 0.3) is 0 Å². The van der Waals surface area contributed by atoms with Gasteiger partial charge in [-0.3, -0.25) is 9.59 Å². The van der Waals surface area contributed by atoms with Gasteiger partial charge in [-0.25, -0.2) is 4.39 Å². The molecule has 0 aliphatic carbocycles. The van der Waals surface area contributed by atoms with E-state index in [4.69, 9.17) is 4.74 Å². The van der Waals surface area contributed by atoms with Crippen molar-refractivity contribution in [2.24, 2.45) is 5.92 Å². The Morgan fingerprint density at radius 1 is 1.31 bits per heavy atom. The molecule has 29 heavy (non-hydrogen) atoms. The smallest absolute Gasteiger partial charge is 0.229 e. The third-order valence-corrected chi connectivity index (χ3v) is 5.33. The average Bonchev–Trinajstić information content (AvgIpc) is 3.29. The Labute approximate surface area is 167 Å². The monoisotopic (exact) mass is 395 g/mol. The Morgan fingerprint density at radius 2 is 2.14 bits per heavy atom. The minimum Gasteiger partial charge on any atom is -0.495 e. The third-order valence-electron chi connectivity index (χ3n) is 5.33. The van der Waals surface area contributed by atoms with Crippen molar-refractivity contribution in [2.45, 2.75) is 12.8 Å². The Kier molecular flexibility index (Phi) is 5.20. The van der Waals surface area contributed by atoms with Crippen LogP contribution in [0, 0.1) is 11.7 Å². The highest BCUT2D eigenvalue weighted by Gasteiger charge is 2.34. The summed E-state index contributed by atoms with van der Waals surface area (Å²) in [4.78, 5) is 29.8. The quantitative estimate of drug-likeness (QED) is 0.672. The minimum absolute atomic E-state index is 0.0452. The molecule has 150 valence electrons. The number of benzene rings is 2. The number of fused-ring (bicyclic) bond motifs is 1. The highest BCUT2D eigenvalue weighted by molar-refractivity contribution is 5.98. The summed E-state index contributed by atoms with van der Waals surface area (Å²) in [7, 11) is 1.54. The summed E-state index contributed by atoms with van der Waals surface area (Å²) >= 11 is 0. The standard InChI is InChI=1S/C22H22FN3O3/c1-29-20-5-3-2-4-19(20)25-22(28)15-10-21(27)26(13-15)9-8-14-12-24-18-7-6-16(23)11-17(14)18/h2-7,11-12,15,24H,8-10,13H2,1H3,(H,25,28)/t15-/m1/s1. The topological polar surface area (TPSA) is 74.4 Å². The van der Waals surface area contributed by atoms with Gasteiger partial charge in [-0.2, -0.15) is 0 Å². The first kappa shape index (κ1) is 19.0. The van der Waals surface area contributed by atoms with E-state index in [2.05, 4.69) is 10.3 Å². The first-order chi connectivity index (χ1) is 14.0. The summed E-state index contributed by atoms with van der Waals surface area (Å²) in [5.74, 6) is -0.360. The van der Waals surface area contributed by atoms with Gasteiger partial charge >= 0.3 is 0 Å². The summed E-state index contributed by atoms with van der Waals surface area (Å²) in [6.45, 7) is 0.858. The van der Waals surface area contributed by atoms with Crippen LogP contribution in [0.15, 0.2) is 48.7 Å². The van der Waals surface area contributed by atoms with Gasteiger partial charge in [0.2, 0.25) is 11.8 Å². The van der Waals surface area contributed by atoms with E-state index >= 15 is 0 Å². The number of rotatable bonds is 6. The number of H-pyrrole nitrogens is 1. The lowest BCUT2D eigenvalue weighted by molar-refractivity contribution is -0.128. The number of nitrogens with zero attached hydrogens (tertiary/aromatic N) is 1. The van der Waals surface area contributed by atoms with Gasteiger partial charge in [0.1, 0.15) is 11.6 Å². The van der Waals surface area contributed by atoms with Crippen molar-refractivity contribution >= 4 is 28.4 Å². The van der Waals surface area contributed by atoms with Gasteiger partial charge in [-0.1, -0.05) is 12.1 Å². The Bertz CT molecular complexity index is 1060. The first-order valence-electron chi connectivity index (χ1n) is 9.52. The highest BCUT2D eigenvalue weighted by Crippen LogP contribution is 2.26. The number of hydrogen-bond acceptors (Lipinski definition) is 3. The van der Waals surface area contributed by atoms with Crippen molar-refractivity contribution in [1.29, 1.82) is 0 Å². The Balaban J connectivity index is 1.38. The number of carbonyl (C=O) groups excluding carboxylic acids is 2. The molecule has 2 N–H and O–H groups in total. The van der Waals surface area contributed by atoms with Crippen LogP contribution < -0.4 is 10.1 Å². The number of halogens is 1. The number of amides is 2. The summed E-state index contributed by atoms with van der Waals surface area (Å²) in [5, 5.41) is 3.68. The molecule has 0 radical (unpaired) electrons. The van der Waals surface area contributed by atoms with Crippen LogP contribution in [0.5, 0.6) is 5.75 Å². The molecule has 2 heterocycles. The Morgan fingerprint density at radius 3 is 2.97 bits per heavy atom. The highest BCUT2D eigenvalue weighted by atomic mass is 19.1. The molecule has 1 saturated heterocycles. The van der Waals surface area contributed by atoms with Crippen LogP contribution in [-0.2, 0) is 16.0 Å². The van der Waals surface area contributed by atoms with Crippen molar-refractivity contribution in [1.82, 2.24) is 9.88 Å². The number of nitrogens with one attached hydrogen (secondary N) is 2. The molecule has 0 spiro atoms. The van der Waals surface area contributed by atoms with E-state index in [0.29, 0.717) is 30.9 Å². The largest absolute Gasteiger partial charge is 0.495 e. The molecule has 0 unspecified atom stereocenters. The second kappa shape index (κ2) is 7.95. The fourth-order valence-corrected chi connectivity index (χ4v) is 3.76. The molecule has 3 aromatic rings. The molecule has 1 fully saturated rings. The van der Waals surface area contributed by atoms with Crippen LogP contribution in [-0.4, -0.2) is 41.9 Å². The number of carbonyl (C=O) groups is 2. The second-order valence-electron chi connectivity index (χ2n) is 7.18. The molecule has 1 aliphatic rings. The zero-order valence-electron chi connectivity index (χ0n) is 16.1. The maximum Gasteiger partial charge on any atom is 0.229 e. The van der Waals surface area contributed by atoms with Crippen LogP contribution >= 0.6 is 0 Å². The van der Waals surface area contributed by atoms with Gasteiger partial charge in [-0.15, -0.1) is 0 Å². The SMILES string of the molecule is COc1ccccc1NC(=O)[C@@H]1CC(=O)N(CCc2c[nH]c3ccc(F)cc23)C1. The van der Waals surface area contributed by atoms with E-state index in [1.54, 1.807) is 30.2 Å². The van der Waals surface area contributed by atoms with Crippen LogP contribution in [0.25, 0.3) is 10.9 Å². The summed E-state index contributed by atoms with van der Waals surface area (Å²) in [6.07, 6.45) is 2.62. The van der Waals surface area contributed by atoms with Gasteiger partial charge in [0, 0.05) is 36.6 Å². The number of methoxy groups -OCH3 is 1. The number of hydrogen-bond donors (Lipinski definition) is 2. The van der Waals surface area contributed by atoms with Crippen LogP contribution in [0.4, 0.5) is 10.1 Å². The number of aromatic nitrogens is 1. The minimum atomic E-state index is -0.409. The third kappa shape index (κ3) is 3.94. The number of anilines is 1. The molecule has 7 heteroatoms. The van der Waals surface area contributed by atoms with Crippen molar-refractivity contribution in [3.05, 3.63) is 60.0 Å². The van der Waals surface area contributed by atoms with E-state index in [0.717, 1.165) is 16.5 Å². The predicted molar refractivity (Wildman–Crippen MR) is 108 cm³/mol. The van der Waals surface area contributed by atoms with E-state index in [-0.39, 0.29) is 24.1 Å². The summed E-state index contributed by atoms with van der Waals surface area (Å²) in [6, 6.07) is 11.8. The van der Waals surface area contributed by atoms with Gasteiger partial charge < -0.3 is 19.9 Å². The molecule has 1 aliphatic heterocycles. The molecule has 1 atom stereocenters. The molecule has 0 saturated carbocycles. The van der Waals surface area contributed by atoms with Crippen LogP contribution in [0.1, 0.15) is 12.0 Å². The van der Waals surface area contributed by atoms with Crippen molar-refractivity contribution < 1.29 is 18.7 Å². The Hall–Kier alpha value is -3.35. The molecule has 4 rings (SSSR count). The van der Waals surface area contributed by atoms with Crippen molar-refractivity contribution in [3.63, 3.8) is 0 Å². The predicted octanol–water partition coefficient (Wildman–Crippen LogP) is 3.35. The summed E-state index contributed by atoms with van der Waals surface area (Å²) < 4.78 is 18.8. The normalized spacial score (nSPS) is 16.4. The lowest BCUT2D eigenvalue weighted by atomic mass is 10.1. The first-order valence-corrected chi connectivity index (χ1v) is 9.52. The number of ether oxygens (including phenoxy) is 1. The maximum absolute atomic E-state index is 13.5. The molecule has 2 amide bonds. The summed E-state index contributed by atoms with van der Waals surface area (Å²) in [5.41, 5.74) is 2.41. The van der Waals surface area contributed by atoms with E-state index < -0.39 is 5.92 Å². The number of likely N-dealkylation sites (tertiary alicyclic amines) is 1. The zero-order valence-corrected chi connectivity index (χ0v) is 16.1. The van der Waals surface area contributed by atoms with E-state index in [1.165, 1.54) is 12.1 Å². The van der Waals surface area contributed by atoms with Crippen LogP contribution in [0.3, 0.4) is 0 Å². The van der Waals surface area contributed by atoms with Gasteiger partial charge in [0.15, 0.2) is 0 Å². The molecule has 6 nitrogen and oxygen atoms in total. The van der Waals surface area contributed by atoms with E-state index in [1.807, 2.05) is 18.3 Å². The van der Waals surface area contributed by atoms with Crippen LogP contribution in [0.2, 0.25) is 0 Å². The molecular weight excluding hydrogens is 373 g/mol. The van der Waals surface area contributed by atoms with Crippen molar-refractivity contribution in [3.8, 4) is 5.75 Å². The van der Waals surface area contributed by atoms with Crippen molar-refractivity contribution in [2.75, 3.05) is 25.5 Å². The maximum atomic E-state index is 13.5. The molecule has 0 bridgehead atoms. The van der Waals surface area contributed by atoms with E-state index in [9.17, 15) is 14.0 Å². The molecule has 2 aromatic carbocycles. The van der Waals surface area contributed by atoms with Gasteiger partial charge in [0.05, 0.1) is 18.7 Å². The lowest BCUT2D eigenvalue weighted by Gasteiger charge is -2.17. The number of para-hydroxylation sites is 2.